The minimum Gasteiger partial charge on any atom is -0.478 e. The summed E-state index contributed by atoms with van der Waals surface area (Å²) < 4.78 is 26.6. The summed E-state index contributed by atoms with van der Waals surface area (Å²) in [5.74, 6) is -0.771. The van der Waals surface area contributed by atoms with Crippen molar-refractivity contribution in [3.63, 3.8) is 0 Å². The molecule has 0 aliphatic carbocycles. The number of sulfonamides is 1. The fourth-order valence-corrected chi connectivity index (χ4v) is 3.44. The Morgan fingerprint density at radius 1 is 1.45 bits per heavy atom. The number of aromatic carboxylic acids is 1. The van der Waals surface area contributed by atoms with Gasteiger partial charge in [-0.2, -0.15) is 4.98 Å². The van der Waals surface area contributed by atoms with Gasteiger partial charge in [-0.25, -0.2) is 17.9 Å². The van der Waals surface area contributed by atoms with E-state index in [-0.39, 0.29) is 20.9 Å². The third-order valence-electron chi connectivity index (χ3n) is 2.29. The second kappa shape index (κ2) is 5.21. The third kappa shape index (κ3) is 2.96. The number of rotatable bonds is 4. The molecular formula is C10H9BrN4O4S. The second-order valence-corrected chi connectivity index (χ2v) is 6.31. The summed E-state index contributed by atoms with van der Waals surface area (Å²) in [6.45, 7) is 1.63. The van der Waals surface area contributed by atoms with Gasteiger partial charge in [0.15, 0.2) is 0 Å². The summed E-state index contributed by atoms with van der Waals surface area (Å²) in [6, 6.07) is 3.60. The molecular weight excluding hydrogens is 352 g/mol. The Kier molecular flexibility index (Phi) is 3.77. The Labute approximate surface area is 122 Å². The third-order valence-corrected chi connectivity index (χ3v) is 4.60. The minimum absolute atomic E-state index is 0.0236. The van der Waals surface area contributed by atoms with Crippen LogP contribution in [0.5, 0.6) is 0 Å². The summed E-state index contributed by atoms with van der Waals surface area (Å²) in [5.41, 5.74) is -0.0236. The van der Waals surface area contributed by atoms with Crippen LogP contribution in [-0.4, -0.2) is 34.7 Å². The van der Waals surface area contributed by atoms with E-state index >= 15 is 0 Å². The van der Waals surface area contributed by atoms with E-state index in [2.05, 4.69) is 35.8 Å². The minimum atomic E-state index is -3.91. The molecule has 3 N–H and O–H groups in total. The molecule has 0 fully saturated rings. The van der Waals surface area contributed by atoms with E-state index in [1.54, 1.807) is 6.92 Å². The molecule has 20 heavy (non-hydrogen) atoms. The zero-order valence-electron chi connectivity index (χ0n) is 10.1. The molecule has 0 spiro atoms. The van der Waals surface area contributed by atoms with Crippen molar-refractivity contribution in [2.24, 2.45) is 0 Å². The monoisotopic (exact) mass is 360 g/mol. The van der Waals surface area contributed by atoms with Gasteiger partial charge in [-0.15, -0.1) is 5.10 Å². The number of benzene rings is 1. The van der Waals surface area contributed by atoms with Crippen molar-refractivity contribution in [3.05, 3.63) is 34.1 Å². The van der Waals surface area contributed by atoms with Crippen molar-refractivity contribution in [2.75, 3.05) is 4.72 Å². The van der Waals surface area contributed by atoms with Crippen LogP contribution in [0.4, 0.5) is 5.95 Å². The molecule has 1 heterocycles. The molecule has 1 aromatic carbocycles. The molecule has 0 aliphatic rings. The van der Waals surface area contributed by atoms with E-state index in [1.807, 2.05) is 0 Å². The lowest BCUT2D eigenvalue weighted by Crippen LogP contribution is -2.15. The lowest BCUT2D eigenvalue weighted by atomic mass is 10.2. The SMILES string of the molecule is Cc1nc(NS(=O)(=O)c2ccc(C(=O)O)cc2Br)n[nH]1. The van der Waals surface area contributed by atoms with E-state index in [1.165, 1.54) is 18.2 Å². The van der Waals surface area contributed by atoms with Crippen LogP contribution in [0.25, 0.3) is 0 Å². The van der Waals surface area contributed by atoms with E-state index in [9.17, 15) is 13.2 Å². The van der Waals surface area contributed by atoms with Crippen molar-refractivity contribution in [1.29, 1.82) is 0 Å². The van der Waals surface area contributed by atoms with Crippen LogP contribution in [0.2, 0.25) is 0 Å². The molecule has 10 heteroatoms. The number of carboxylic acids is 1. The van der Waals surface area contributed by atoms with Crippen LogP contribution in [0, 0.1) is 6.92 Å². The largest absolute Gasteiger partial charge is 0.478 e. The maximum absolute atomic E-state index is 12.1. The highest BCUT2D eigenvalue weighted by molar-refractivity contribution is 9.10. The number of carboxylic acid groups (broad SMARTS) is 1. The predicted molar refractivity (Wildman–Crippen MR) is 73.0 cm³/mol. The first-order valence-corrected chi connectivity index (χ1v) is 7.52. The highest BCUT2D eigenvalue weighted by atomic mass is 79.9. The molecule has 0 saturated heterocycles. The fourth-order valence-electron chi connectivity index (χ4n) is 1.42. The quantitative estimate of drug-likeness (QED) is 0.755. The number of H-pyrrole nitrogens is 1. The van der Waals surface area contributed by atoms with E-state index in [0.717, 1.165) is 0 Å². The van der Waals surface area contributed by atoms with Gasteiger partial charge < -0.3 is 5.11 Å². The van der Waals surface area contributed by atoms with E-state index < -0.39 is 16.0 Å². The first kappa shape index (κ1) is 14.5. The molecule has 0 amide bonds. The summed E-state index contributed by atoms with van der Waals surface area (Å²) in [5, 5.41) is 15.0. The van der Waals surface area contributed by atoms with Crippen molar-refractivity contribution in [1.82, 2.24) is 15.2 Å². The number of hydrogen-bond acceptors (Lipinski definition) is 5. The molecule has 0 bridgehead atoms. The standard InChI is InChI=1S/C10H9BrN4O4S/c1-5-12-10(14-13-5)15-20(18,19)8-3-2-6(9(16)17)4-7(8)11/h2-4H,1H3,(H,16,17)(H2,12,13,14,15). The van der Waals surface area contributed by atoms with Crippen LogP contribution in [0.3, 0.4) is 0 Å². The Hall–Kier alpha value is -1.94. The van der Waals surface area contributed by atoms with Gasteiger partial charge in [0.1, 0.15) is 10.7 Å². The van der Waals surface area contributed by atoms with Crippen LogP contribution in [-0.2, 0) is 10.0 Å². The molecule has 2 rings (SSSR count). The highest BCUT2D eigenvalue weighted by Crippen LogP contribution is 2.24. The van der Waals surface area contributed by atoms with Crippen molar-refractivity contribution in [2.45, 2.75) is 11.8 Å². The van der Waals surface area contributed by atoms with Crippen LogP contribution in [0.1, 0.15) is 16.2 Å². The predicted octanol–water partition coefficient (Wildman–Crippen LogP) is 1.37. The molecule has 8 nitrogen and oxygen atoms in total. The van der Waals surface area contributed by atoms with Crippen molar-refractivity contribution in [3.8, 4) is 0 Å². The van der Waals surface area contributed by atoms with Crippen molar-refractivity contribution >= 4 is 37.9 Å². The number of hydrogen-bond donors (Lipinski definition) is 3. The molecule has 1 aromatic heterocycles. The Balaban J connectivity index is 2.37. The topological polar surface area (TPSA) is 125 Å². The Bertz CT molecular complexity index is 771. The highest BCUT2D eigenvalue weighted by Gasteiger charge is 2.20. The lowest BCUT2D eigenvalue weighted by Gasteiger charge is -2.07. The molecule has 0 aliphatic heterocycles. The number of aromatic amines is 1. The lowest BCUT2D eigenvalue weighted by molar-refractivity contribution is 0.0696. The number of nitrogens with one attached hydrogen (secondary N) is 2. The number of anilines is 1. The van der Waals surface area contributed by atoms with E-state index in [0.29, 0.717) is 5.82 Å². The zero-order chi connectivity index (χ0) is 14.9. The first-order valence-electron chi connectivity index (χ1n) is 5.24. The van der Waals surface area contributed by atoms with Gasteiger partial charge in [0.2, 0.25) is 0 Å². The normalized spacial score (nSPS) is 11.3. The molecule has 0 unspecified atom stereocenters. The van der Waals surface area contributed by atoms with Crippen molar-refractivity contribution < 1.29 is 18.3 Å². The summed E-state index contributed by atoms with van der Waals surface area (Å²) in [7, 11) is -3.91. The van der Waals surface area contributed by atoms with Gasteiger partial charge in [0.25, 0.3) is 16.0 Å². The van der Waals surface area contributed by atoms with Gasteiger partial charge in [0.05, 0.1) is 5.56 Å². The maximum Gasteiger partial charge on any atom is 0.335 e. The summed E-state index contributed by atoms with van der Waals surface area (Å²) >= 11 is 3.04. The van der Waals surface area contributed by atoms with Crippen LogP contribution >= 0.6 is 15.9 Å². The van der Waals surface area contributed by atoms with E-state index in [4.69, 9.17) is 5.11 Å². The smallest absolute Gasteiger partial charge is 0.335 e. The number of aryl methyl sites for hydroxylation is 1. The van der Waals surface area contributed by atoms with Crippen LogP contribution < -0.4 is 4.72 Å². The average molecular weight is 361 g/mol. The van der Waals surface area contributed by atoms with Gasteiger partial charge in [-0.1, -0.05) is 0 Å². The van der Waals surface area contributed by atoms with Crippen LogP contribution in [0.15, 0.2) is 27.6 Å². The fraction of sp³-hybridized carbons (Fsp3) is 0.100. The Morgan fingerprint density at radius 3 is 2.65 bits per heavy atom. The number of halogens is 1. The summed E-state index contributed by atoms with van der Waals surface area (Å²) in [6.07, 6.45) is 0. The van der Waals surface area contributed by atoms with Gasteiger partial charge in [-0.05, 0) is 41.1 Å². The molecule has 2 aromatic rings. The van der Waals surface area contributed by atoms with Gasteiger partial charge >= 0.3 is 5.97 Å². The second-order valence-electron chi connectivity index (χ2n) is 3.80. The zero-order valence-corrected chi connectivity index (χ0v) is 12.5. The molecule has 0 radical (unpaired) electrons. The maximum atomic E-state index is 12.1. The number of carbonyl (C=O) groups is 1. The first-order chi connectivity index (χ1) is 9.29. The Morgan fingerprint density at radius 2 is 2.15 bits per heavy atom. The molecule has 0 atom stereocenters. The molecule has 106 valence electrons. The van der Waals surface area contributed by atoms with Gasteiger partial charge in [-0.3, -0.25) is 5.10 Å². The van der Waals surface area contributed by atoms with Gasteiger partial charge in [0, 0.05) is 4.47 Å². The number of nitrogens with zero attached hydrogens (tertiary/aromatic N) is 2. The average Bonchev–Trinajstić information content (AvgIpc) is 2.73. The molecule has 0 saturated carbocycles. The summed E-state index contributed by atoms with van der Waals surface area (Å²) in [4.78, 5) is 14.5. The number of aromatic nitrogens is 3.